The molecule has 2 aromatic rings. The van der Waals surface area contributed by atoms with E-state index >= 15 is 0 Å². The van der Waals surface area contributed by atoms with E-state index in [1.165, 1.54) is 0 Å². The molecule has 0 radical (unpaired) electrons. The van der Waals surface area contributed by atoms with Gasteiger partial charge in [0, 0.05) is 37.6 Å². The number of carbonyl (C=O) groups excluding carboxylic acids is 3. The molecule has 0 saturated carbocycles. The highest BCUT2D eigenvalue weighted by Crippen LogP contribution is 2.19. The molecule has 3 rings (SSSR count). The van der Waals surface area contributed by atoms with Gasteiger partial charge in [0.1, 0.15) is 0 Å². The molecule has 1 fully saturated rings. The second kappa shape index (κ2) is 11.1. The smallest absolute Gasteiger partial charge is 0.308 e. The SMILES string of the molecule is Cc1cc(C)n(CCC(=O)OCC(=O)N2CCN(CC(=O)Nc3c(C)cccc3C)CC2)n1. The second-order valence-corrected chi connectivity index (χ2v) is 8.53. The number of piperazine rings is 1. The van der Waals surface area contributed by atoms with Crippen LogP contribution in [0, 0.1) is 27.7 Å². The number of aryl methyl sites for hydroxylation is 5. The minimum atomic E-state index is -0.419. The molecule has 1 N–H and O–H groups in total. The molecular weight excluding hydrogens is 422 g/mol. The molecule has 1 aliphatic rings. The van der Waals surface area contributed by atoms with Crippen molar-refractivity contribution in [3.05, 3.63) is 46.8 Å². The number of aromatic nitrogens is 2. The van der Waals surface area contributed by atoms with E-state index < -0.39 is 5.97 Å². The lowest BCUT2D eigenvalue weighted by atomic mass is 10.1. The van der Waals surface area contributed by atoms with Gasteiger partial charge in [-0.3, -0.25) is 24.0 Å². The number of hydrogen-bond acceptors (Lipinski definition) is 6. The first kappa shape index (κ1) is 24.4. The quantitative estimate of drug-likeness (QED) is 0.610. The number of esters is 1. The Kier molecular flexibility index (Phi) is 8.21. The van der Waals surface area contributed by atoms with Crippen LogP contribution in [0.3, 0.4) is 0 Å². The Morgan fingerprint density at radius 3 is 2.30 bits per heavy atom. The molecule has 33 heavy (non-hydrogen) atoms. The first-order valence-corrected chi connectivity index (χ1v) is 11.3. The third-order valence-electron chi connectivity index (χ3n) is 5.83. The molecule has 0 bridgehead atoms. The first-order valence-electron chi connectivity index (χ1n) is 11.3. The normalized spacial score (nSPS) is 14.2. The van der Waals surface area contributed by atoms with E-state index in [0.717, 1.165) is 28.2 Å². The Bertz CT molecular complexity index is 988. The van der Waals surface area contributed by atoms with Crippen LogP contribution in [0.15, 0.2) is 24.3 Å². The van der Waals surface area contributed by atoms with Crippen molar-refractivity contribution in [2.24, 2.45) is 0 Å². The Morgan fingerprint density at radius 1 is 1.03 bits per heavy atom. The topological polar surface area (TPSA) is 96.8 Å². The maximum Gasteiger partial charge on any atom is 0.308 e. The lowest BCUT2D eigenvalue weighted by molar-refractivity contribution is -0.153. The molecule has 178 valence electrons. The predicted molar refractivity (Wildman–Crippen MR) is 125 cm³/mol. The molecule has 1 aromatic heterocycles. The van der Waals surface area contributed by atoms with Crippen molar-refractivity contribution in [3.8, 4) is 0 Å². The second-order valence-electron chi connectivity index (χ2n) is 8.53. The van der Waals surface area contributed by atoms with Gasteiger partial charge in [0.25, 0.3) is 5.91 Å². The summed E-state index contributed by atoms with van der Waals surface area (Å²) in [6.07, 6.45) is 0.165. The summed E-state index contributed by atoms with van der Waals surface area (Å²) < 4.78 is 6.91. The number of rotatable bonds is 8. The zero-order valence-electron chi connectivity index (χ0n) is 19.9. The van der Waals surface area contributed by atoms with Gasteiger partial charge < -0.3 is 15.0 Å². The lowest BCUT2D eigenvalue weighted by Crippen LogP contribution is -2.51. The lowest BCUT2D eigenvalue weighted by Gasteiger charge is -2.34. The fraction of sp³-hybridized carbons (Fsp3) is 0.500. The summed E-state index contributed by atoms with van der Waals surface area (Å²) in [5, 5.41) is 7.31. The van der Waals surface area contributed by atoms with E-state index in [1.54, 1.807) is 9.58 Å². The van der Waals surface area contributed by atoms with Crippen molar-refractivity contribution in [1.29, 1.82) is 0 Å². The van der Waals surface area contributed by atoms with Gasteiger partial charge in [0.05, 0.1) is 25.2 Å². The van der Waals surface area contributed by atoms with Gasteiger partial charge in [0.2, 0.25) is 5.91 Å². The zero-order chi connectivity index (χ0) is 24.0. The Hall–Kier alpha value is -3.20. The van der Waals surface area contributed by atoms with E-state index in [1.807, 2.05) is 56.9 Å². The van der Waals surface area contributed by atoms with E-state index in [4.69, 9.17) is 4.74 Å². The minimum absolute atomic E-state index is 0.0660. The number of hydrogen-bond donors (Lipinski definition) is 1. The highest BCUT2D eigenvalue weighted by Gasteiger charge is 2.23. The Morgan fingerprint density at radius 2 is 1.70 bits per heavy atom. The highest BCUT2D eigenvalue weighted by atomic mass is 16.5. The maximum atomic E-state index is 12.5. The van der Waals surface area contributed by atoms with Gasteiger partial charge in [-0.2, -0.15) is 5.10 Å². The van der Waals surface area contributed by atoms with Gasteiger partial charge in [-0.15, -0.1) is 0 Å². The van der Waals surface area contributed by atoms with Crippen LogP contribution in [-0.2, 0) is 25.7 Å². The molecule has 1 aromatic carbocycles. The molecule has 0 unspecified atom stereocenters. The monoisotopic (exact) mass is 455 g/mol. The molecule has 9 heteroatoms. The average Bonchev–Trinajstić information content (AvgIpc) is 3.10. The molecular formula is C24H33N5O4. The molecule has 0 aliphatic carbocycles. The number of carbonyl (C=O) groups is 3. The van der Waals surface area contributed by atoms with Crippen molar-refractivity contribution >= 4 is 23.5 Å². The summed E-state index contributed by atoms with van der Waals surface area (Å²) in [7, 11) is 0. The molecule has 2 amide bonds. The zero-order valence-corrected chi connectivity index (χ0v) is 19.9. The molecule has 0 spiro atoms. The summed E-state index contributed by atoms with van der Waals surface area (Å²) in [5.74, 6) is -0.699. The average molecular weight is 456 g/mol. The standard InChI is InChI=1S/C24H33N5O4/c1-17-6-5-7-18(2)24(17)25-21(30)15-27-10-12-28(13-11-27)22(31)16-33-23(32)8-9-29-20(4)14-19(3)26-29/h5-7,14H,8-13,15-16H2,1-4H3,(H,25,30). The minimum Gasteiger partial charge on any atom is -0.456 e. The molecule has 9 nitrogen and oxygen atoms in total. The first-order chi connectivity index (χ1) is 15.7. The number of anilines is 1. The Balaban J connectivity index is 1.36. The summed E-state index contributed by atoms with van der Waals surface area (Å²) in [4.78, 5) is 40.6. The number of benzene rings is 1. The van der Waals surface area contributed by atoms with Crippen molar-refractivity contribution in [3.63, 3.8) is 0 Å². The van der Waals surface area contributed by atoms with Gasteiger partial charge in [-0.1, -0.05) is 18.2 Å². The van der Waals surface area contributed by atoms with Crippen LogP contribution in [-0.4, -0.2) is 76.7 Å². The number of nitrogens with zero attached hydrogens (tertiary/aromatic N) is 4. The maximum absolute atomic E-state index is 12.5. The van der Waals surface area contributed by atoms with Crippen molar-refractivity contribution in [2.45, 2.75) is 40.7 Å². The Labute approximate surface area is 194 Å². The van der Waals surface area contributed by atoms with E-state index in [-0.39, 0.29) is 31.4 Å². The number of para-hydroxylation sites is 1. The summed E-state index contributed by atoms with van der Waals surface area (Å²) in [6, 6.07) is 7.86. The van der Waals surface area contributed by atoms with Gasteiger partial charge in [-0.25, -0.2) is 0 Å². The third-order valence-corrected chi connectivity index (χ3v) is 5.83. The van der Waals surface area contributed by atoms with Crippen LogP contribution >= 0.6 is 0 Å². The van der Waals surface area contributed by atoms with Crippen molar-refractivity contribution in [1.82, 2.24) is 19.6 Å². The third kappa shape index (κ3) is 6.89. The number of amides is 2. The number of ether oxygens (including phenoxy) is 1. The fourth-order valence-electron chi connectivity index (χ4n) is 3.95. The molecule has 1 saturated heterocycles. The van der Waals surface area contributed by atoms with Gasteiger partial charge in [-0.05, 0) is 44.9 Å². The summed E-state index contributed by atoms with van der Waals surface area (Å²) >= 11 is 0. The van der Waals surface area contributed by atoms with Crippen LogP contribution in [0.1, 0.15) is 28.9 Å². The van der Waals surface area contributed by atoms with Gasteiger partial charge >= 0.3 is 5.97 Å². The van der Waals surface area contributed by atoms with Crippen LogP contribution in [0.2, 0.25) is 0 Å². The van der Waals surface area contributed by atoms with E-state index in [9.17, 15) is 14.4 Å². The fourth-order valence-corrected chi connectivity index (χ4v) is 3.95. The van der Waals surface area contributed by atoms with Crippen molar-refractivity contribution in [2.75, 3.05) is 44.6 Å². The molecule has 2 heterocycles. The van der Waals surface area contributed by atoms with Crippen molar-refractivity contribution < 1.29 is 19.1 Å². The summed E-state index contributed by atoms with van der Waals surface area (Å²) in [6.45, 7) is 10.4. The van der Waals surface area contributed by atoms with Gasteiger partial charge in [0.15, 0.2) is 6.61 Å². The van der Waals surface area contributed by atoms with E-state index in [0.29, 0.717) is 32.7 Å². The van der Waals surface area contributed by atoms with E-state index in [2.05, 4.69) is 10.4 Å². The summed E-state index contributed by atoms with van der Waals surface area (Å²) in [5.41, 5.74) is 4.80. The van der Waals surface area contributed by atoms with Crippen LogP contribution in [0.5, 0.6) is 0 Å². The van der Waals surface area contributed by atoms with Crippen LogP contribution < -0.4 is 5.32 Å². The largest absolute Gasteiger partial charge is 0.456 e. The molecule has 1 aliphatic heterocycles. The predicted octanol–water partition coefficient (Wildman–Crippen LogP) is 1.83. The number of nitrogens with one attached hydrogen (secondary N) is 1. The molecule has 0 atom stereocenters. The highest BCUT2D eigenvalue weighted by molar-refractivity contribution is 5.93. The van der Waals surface area contributed by atoms with Crippen LogP contribution in [0.25, 0.3) is 0 Å². The van der Waals surface area contributed by atoms with Crippen LogP contribution in [0.4, 0.5) is 5.69 Å².